The SMILES string of the molecule is O=C(NC1C2CC3CC(C2)CC1C3)c1cnc(OC2CCCC2)nc1C1CCCC1. The third-order valence-electron chi connectivity index (χ3n) is 8.88. The third-order valence-corrected chi connectivity index (χ3v) is 8.88. The van der Waals surface area contributed by atoms with E-state index in [0.717, 1.165) is 43.2 Å². The third kappa shape index (κ3) is 3.52. The van der Waals surface area contributed by atoms with Gasteiger partial charge in [-0.1, -0.05) is 12.8 Å². The molecule has 0 aromatic carbocycles. The van der Waals surface area contributed by atoms with Gasteiger partial charge in [-0.2, -0.15) is 4.98 Å². The Morgan fingerprint density at radius 3 is 2.20 bits per heavy atom. The van der Waals surface area contributed by atoms with Crippen molar-refractivity contribution in [3.05, 3.63) is 17.5 Å². The maximum Gasteiger partial charge on any atom is 0.316 e. The van der Waals surface area contributed by atoms with Crippen LogP contribution in [0, 0.1) is 23.7 Å². The van der Waals surface area contributed by atoms with E-state index in [9.17, 15) is 4.79 Å². The molecule has 6 aliphatic carbocycles. The number of carbonyl (C=O) groups excluding carboxylic acids is 1. The molecule has 162 valence electrons. The molecular formula is C25H35N3O2. The zero-order valence-corrected chi connectivity index (χ0v) is 18.0. The van der Waals surface area contributed by atoms with Crippen LogP contribution in [-0.4, -0.2) is 28.0 Å². The molecule has 6 aliphatic rings. The molecule has 5 heteroatoms. The monoisotopic (exact) mass is 409 g/mol. The summed E-state index contributed by atoms with van der Waals surface area (Å²) >= 11 is 0. The summed E-state index contributed by atoms with van der Waals surface area (Å²) in [6, 6.07) is 0.839. The quantitative estimate of drug-likeness (QED) is 0.742. The van der Waals surface area contributed by atoms with Crippen molar-refractivity contribution in [2.75, 3.05) is 0 Å². The molecule has 30 heavy (non-hydrogen) atoms. The Bertz CT molecular complexity index is 770. The highest BCUT2D eigenvalue weighted by molar-refractivity contribution is 5.95. The van der Waals surface area contributed by atoms with Crippen molar-refractivity contribution < 1.29 is 9.53 Å². The molecule has 7 rings (SSSR count). The summed E-state index contributed by atoms with van der Waals surface area (Å²) in [6.07, 6.45) is 18.1. The minimum Gasteiger partial charge on any atom is -0.460 e. The molecule has 4 bridgehead atoms. The van der Waals surface area contributed by atoms with Crippen molar-refractivity contribution in [1.29, 1.82) is 0 Å². The van der Waals surface area contributed by atoms with Gasteiger partial charge in [0.2, 0.25) is 0 Å². The van der Waals surface area contributed by atoms with E-state index in [-0.39, 0.29) is 12.0 Å². The lowest BCUT2D eigenvalue weighted by molar-refractivity contribution is -0.0119. The van der Waals surface area contributed by atoms with E-state index < -0.39 is 0 Å². The molecular weight excluding hydrogens is 374 g/mol. The van der Waals surface area contributed by atoms with Crippen LogP contribution in [-0.2, 0) is 0 Å². The number of amides is 1. The maximum absolute atomic E-state index is 13.4. The van der Waals surface area contributed by atoms with Gasteiger partial charge < -0.3 is 10.1 Å². The summed E-state index contributed by atoms with van der Waals surface area (Å²) < 4.78 is 6.08. The van der Waals surface area contributed by atoms with Crippen LogP contribution in [0.2, 0.25) is 0 Å². The molecule has 5 nitrogen and oxygen atoms in total. The highest BCUT2D eigenvalue weighted by Gasteiger charge is 2.48. The number of nitrogens with one attached hydrogen (secondary N) is 1. The zero-order valence-electron chi connectivity index (χ0n) is 18.0. The summed E-state index contributed by atoms with van der Waals surface area (Å²) in [7, 11) is 0. The van der Waals surface area contributed by atoms with E-state index in [1.165, 1.54) is 57.8 Å². The van der Waals surface area contributed by atoms with Crippen LogP contribution in [0.4, 0.5) is 0 Å². The fourth-order valence-corrected chi connectivity index (χ4v) is 7.67. The van der Waals surface area contributed by atoms with Crippen LogP contribution in [0.3, 0.4) is 0 Å². The van der Waals surface area contributed by atoms with Gasteiger partial charge in [-0.05, 0) is 94.3 Å². The second-order valence-corrected chi connectivity index (χ2v) is 10.9. The largest absolute Gasteiger partial charge is 0.460 e. The predicted molar refractivity (Wildman–Crippen MR) is 114 cm³/mol. The molecule has 0 spiro atoms. The van der Waals surface area contributed by atoms with Crippen molar-refractivity contribution in [2.45, 2.75) is 102 Å². The van der Waals surface area contributed by atoms with Gasteiger partial charge in [0.25, 0.3) is 5.91 Å². The molecule has 1 heterocycles. The lowest BCUT2D eigenvalue weighted by Gasteiger charge is -2.54. The van der Waals surface area contributed by atoms with Gasteiger partial charge in [-0.15, -0.1) is 0 Å². The van der Waals surface area contributed by atoms with Gasteiger partial charge in [-0.3, -0.25) is 4.79 Å². The van der Waals surface area contributed by atoms with E-state index in [1.807, 2.05) is 0 Å². The van der Waals surface area contributed by atoms with Crippen molar-refractivity contribution in [2.24, 2.45) is 23.7 Å². The Kier molecular flexibility index (Phi) is 4.96. The molecule has 0 aliphatic heterocycles. The summed E-state index contributed by atoms with van der Waals surface area (Å²) in [5, 5.41) is 3.47. The molecule has 0 radical (unpaired) electrons. The number of hydrogen-bond acceptors (Lipinski definition) is 4. The normalized spacial score (nSPS) is 35.8. The summed E-state index contributed by atoms with van der Waals surface area (Å²) in [6.45, 7) is 0. The van der Waals surface area contributed by atoms with Crippen molar-refractivity contribution >= 4 is 5.91 Å². The second-order valence-electron chi connectivity index (χ2n) is 10.9. The van der Waals surface area contributed by atoms with E-state index in [2.05, 4.69) is 10.3 Å². The Labute approximate surface area is 179 Å². The van der Waals surface area contributed by atoms with Crippen LogP contribution in [0.1, 0.15) is 105 Å². The van der Waals surface area contributed by atoms with Crippen molar-refractivity contribution in [3.63, 3.8) is 0 Å². The van der Waals surface area contributed by atoms with E-state index >= 15 is 0 Å². The number of hydrogen-bond donors (Lipinski definition) is 1. The van der Waals surface area contributed by atoms with E-state index in [1.54, 1.807) is 6.20 Å². The molecule has 1 amide bonds. The van der Waals surface area contributed by atoms with Crippen LogP contribution in [0.5, 0.6) is 6.01 Å². The number of aromatic nitrogens is 2. The second kappa shape index (κ2) is 7.80. The fourth-order valence-electron chi connectivity index (χ4n) is 7.67. The predicted octanol–water partition coefficient (Wildman–Crippen LogP) is 5.01. The zero-order chi connectivity index (χ0) is 20.1. The number of ether oxygens (including phenoxy) is 1. The lowest BCUT2D eigenvalue weighted by atomic mass is 9.54. The molecule has 1 aromatic heterocycles. The Morgan fingerprint density at radius 2 is 1.53 bits per heavy atom. The summed E-state index contributed by atoms with van der Waals surface area (Å²) in [4.78, 5) is 22.8. The van der Waals surface area contributed by atoms with Crippen molar-refractivity contribution in [1.82, 2.24) is 15.3 Å². The standard InChI is InChI=1S/C25H35N3O2/c29-24(27-22-18-10-15-9-16(12-18)13-19(22)11-15)21-14-26-25(30-20-7-3-4-8-20)28-23(21)17-5-1-2-6-17/h14-20,22H,1-13H2,(H,27,29). The molecule has 1 N–H and O–H groups in total. The van der Waals surface area contributed by atoms with Gasteiger partial charge in [0.1, 0.15) is 6.10 Å². The van der Waals surface area contributed by atoms with E-state index in [4.69, 9.17) is 9.72 Å². The number of nitrogens with zero attached hydrogens (tertiary/aromatic N) is 2. The van der Waals surface area contributed by atoms with Crippen LogP contribution in [0.15, 0.2) is 6.20 Å². The minimum atomic E-state index is 0.0572. The smallest absolute Gasteiger partial charge is 0.316 e. The molecule has 1 aromatic rings. The average molecular weight is 410 g/mol. The Balaban J connectivity index is 1.23. The van der Waals surface area contributed by atoms with Gasteiger partial charge in [0.05, 0.1) is 11.3 Å². The van der Waals surface area contributed by atoms with Crippen molar-refractivity contribution in [3.8, 4) is 6.01 Å². The van der Waals surface area contributed by atoms with Gasteiger partial charge in [-0.25, -0.2) is 4.98 Å². The summed E-state index contributed by atoms with van der Waals surface area (Å²) in [5.41, 5.74) is 1.64. The first-order valence-corrected chi connectivity index (χ1v) is 12.6. The van der Waals surface area contributed by atoms with E-state index in [0.29, 0.717) is 35.4 Å². The molecule has 0 saturated heterocycles. The number of carbonyl (C=O) groups is 1. The van der Waals surface area contributed by atoms with Gasteiger partial charge >= 0.3 is 6.01 Å². The maximum atomic E-state index is 13.4. The summed E-state index contributed by atoms with van der Waals surface area (Å²) in [5.74, 6) is 3.65. The Morgan fingerprint density at radius 1 is 0.900 bits per heavy atom. The first-order valence-electron chi connectivity index (χ1n) is 12.6. The number of rotatable bonds is 5. The molecule has 0 atom stereocenters. The topological polar surface area (TPSA) is 64.1 Å². The minimum absolute atomic E-state index is 0.0572. The van der Waals surface area contributed by atoms with Crippen LogP contribution < -0.4 is 10.1 Å². The first-order chi connectivity index (χ1) is 14.7. The Hall–Kier alpha value is -1.65. The van der Waals surface area contributed by atoms with Gasteiger partial charge in [0, 0.05) is 18.2 Å². The van der Waals surface area contributed by atoms with Crippen LogP contribution in [0.25, 0.3) is 0 Å². The van der Waals surface area contributed by atoms with Gasteiger partial charge in [0.15, 0.2) is 0 Å². The fraction of sp³-hybridized carbons (Fsp3) is 0.800. The average Bonchev–Trinajstić information content (AvgIpc) is 3.44. The van der Waals surface area contributed by atoms with Crippen LogP contribution >= 0.6 is 0 Å². The lowest BCUT2D eigenvalue weighted by Crippen LogP contribution is -2.55. The molecule has 6 fully saturated rings. The first kappa shape index (κ1) is 19.1. The molecule has 0 unspecified atom stereocenters. The molecule has 6 saturated carbocycles. The highest BCUT2D eigenvalue weighted by atomic mass is 16.5. The highest BCUT2D eigenvalue weighted by Crippen LogP contribution is 2.53.